The van der Waals surface area contributed by atoms with E-state index in [1.165, 1.54) is 24.8 Å². The van der Waals surface area contributed by atoms with E-state index in [-0.39, 0.29) is 17.1 Å². The lowest BCUT2D eigenvalue weighted by molar-refractivity contribution is -0.156. The number of allylic oxidation sites excluding steroid dienone is 3. The number of aliphatic hydroxyl groups is 2. The normalized spacial score (nSPS) is 46.4. The molecule has 0 aliphatic heterocycles. The first-order chi connectivity index (χ1) is 13.3. The first-order valence-corrected chi connectivity index (χ1v) is 11.1. The monoisotopic (exact) mass is 390 g/mol. The van der Waals surface area contributed by atoms with Gasteiger partial charge in [-0.15, -0.1) is 0 Å². The summed E-state index contributed by atoms with van der Waals surface area (Å²) in [5, 5.41) is 21.2. The van der Waals surface area contributed by atoms with Crippen LogP contribution in [0.15, 0.2) is 23.3 Å². The summed E-state index contributed by atoms with van der Waals surface area (Å²) in [6.07, 6.45) is 9.51. The average molecular weight is 391 g/mol. The van der Waals surface area contributed by atoms with Crippen molar-refractivity contribution in [2.75, 3.05) is 14.2 Å². The van der Waals surface area contributed by atoms with Crippen LogP contribution in [0.5, 0.6) is 0 Å². The van der Waals surface area contributed by atoms with Gasteiger partial charge in [0.15, 0.2) is 6.29 Å². The molecular weight excluding hydrogens is 352 g/mol. The van der Waals surface area contributed by atoms with Crippen LogP contribution in [0.4, 0.5) is 0 Å². The van der Waals surface area contributed by atoms with E-state index in [1.54, 1.807) is 19.8 Å². The highest BCUT2D eigenvalue weighted by Gasteiger charge is 2.59. The van der Waals surface area contributed by atoms with Crippen molar-refractivity contribution < 1.29 is 19.7 Å². The molecule has 0 aromatic rings. The molecule has 0 radical (unpaired) electrons. The molecule has 2 N–H and O–H groups in total. The van der Waals surface area contributed by atoms with E-state index in [1.807, 2.05) is 0 Å². The van der Waals surface area contributed by atoms with Crippen LogP contribution in [0, 0.1) is 34.5 Å². The van der Waals surface area contributed by atoms with Gasteiger partial charge in [-0.1, -0.05) is 44.1 Å². The summed E-state index contributed by atoms with van der Waals surface area (Å²) >= 11 is 0. The van der Waals surface area contributed by atoms with Crippen molar-refractivity contribution in [3.8, 4) is 0 Å². The second-order valence-electron chi connectivity index (χ2n) is 10.3. The summed E-state index contributed by atoms with van der Waals surface area (Å²) in [7, 11) is 3.48. The Bertz CT molecular complexity index is 666. The van der Waals surface area contributed by atoms with Crippen LogP contribution in [-0.4, -0.2) is 42.9 Å². The number of aliphatic hydroxyl groups excluding tert-OH is 2. The van der Waals surface area contributed by atoms with Gasteiger partial charge in [0.1, 0.15) is 0 Å². The summed E-state index contributed by atoms with van der Waals surface area (Å²) in [5.74, 6) is 1.92. The molecule has 28 heavy (non-hydrogen) atoms. The predicted octanol–water partition coefficient (Wildman–Crippen LogP) is 4.07. The summed E-state index contributed by atoms with van der Waals surface area (Å²) in [6, 6.07) is 0. The topological polar surface area (TPSA) is 58.9 Å². The third kappa shape index (κ3) is 2.79. The van der Waals surface area contributed by atoms with Gasteiger partial charge in [-0.3, -0.25) is 0 Å². The molecule has 0 aromatic heterocycles. The smallest absolute Gasteiger partial charge is 0.159 e. The largest absolute Gasteiger partial charge is 0.393 e. The third-order valence-electron chi connectivity index (χ3n) is 9.25. The van der Waals surface area contributed by atoms with Gasteiger partial charge >= 0.3 is 0 Å². The highest BCUT2D eigenvalue weighted by atomic mass is 16.7. The standard InChI is InChI=1S/C24H38O4/c1-14(22(27-4)28-5)18-8-9-19-17-7-6-15-12-16(25)13-21(26)24(15,3)20(17)10-11-23(18,19)2/h6-7,14,16,18-22,25-26H,8-13H2,1-5H3/t14?,16-,18-,19+,20+,21+,23-,24+/m1/s1. The Labute approximate surface area is 170 Å². The van der Waals surface area contributed by atoms with Gasteiger partial charge in [-0.25, -0.2) is 0 Å². The van der Waals surface area contributed by atoms with Crippen molar-refractivity contribution in [2.45, 2.75) is 77.8 Å². The highest BCUT2D eigenvalue weighted by Crippen LogP contribution is 2.66. The molecule has 4 aliphatic rings. The summed E-state index contributed by atoms with van der Waals surface area (Å²) in [6.45, 7) is 7.01. The second-order valence-corrected chi connectivity index (χ2v) is 10.3. The molecule has 3 fully saturated rings. The van der Waals surface area contributed by atoms with Crippen LogP contribution >= 0.6 is 0 Å². The number of rotatable bonds is 4. The first-order valence-electron chi connectivity index (χ1n) is 11.1. The molecular formula is C24H38O4. The van der Waals surface area contributed by atoms with Crippen molar-refractivity contribution in [3.63, 3.8) is 0 Å². The zero-order valence-electron chi connectivity index (χ0n) is 18.1. The molecule has 158 valence electrons. The number of hydrogen-bond donors (Lipinski definition) is 2. The van der Waals surface area contributed by atoms with Crippen LogP contribution in [0.2, 0.25) is 0 Å². The number of fused-ring (bicyclic) bond motifs is 5. The molecule has 0 heterocycles. The molecule has 4 rings (SSSR count). The Morgan fingerprint density at radius 1 is 1.04 bits per heavy atom. The van der Waals surface area contributed by atoms with Gasteiger partial charge in [0.05, 0.1) is 12.2 Å². The molecule has 1 unspecified atom stereocenters. The van der Waals surface area contributed by atoms with Gasteiger partial charge in [-0.05, 0) is 55.3 Å². The maximum absolute atomic E-state index is 11.0. The quantitative estimate of drug-likeness (QED) is 0.711. The Hall–Kier alpha value is -0.680. The maximum Gasteiger partial charge on any atom is 0.159 e. The van der Waals surface area contributed by atoms with Crippen molar-refractivity contribution in [1.29, 1.82) is 0 Å². The van der Waals surface area contributed by atoms with Crippen molar-refractivity contribution >= 4 is 0 Å². The molecule has 0 bridgehead atoms. The predicted molar refractivity (Wildman–Crippen MR) is 110 cm³/mol. The number of hydrogen-bond acceptors (Lipinski definition) is 4. The van der Waals surface area contributed by atoms with Gasteiger partial charge in [0, 0.05) is 32.0 Å². The summed E-state index contributed by atoms with van der Waals surface area (Å²) in [4.78, 5) is 0. The average Bonchev–Trinajstić information content (AvgIpc) is 3.01. The molecule has 4 aliphatic carbocycles. The minimum atomic E-state index is -0.456. The lowest BCUT2D eigenvalue weighted by Gasteiger charge is -2.56. The zero-order chi connectivity index (χ0) is 20.3. The Kier molecular flexibility index (Phi) is 5.31. The Balaban J connectivity index is 1.66. The minimum absolute atomic E-state index is 0.149. The fourth-order valence-electron chi connectivity index (χ4n) is 7.67. The van der Waals surface area contributed by atoms with Crippen molar-refractivity contribution in [3.05, 3.63) is 23.3 Å². The lowest BCUT2D eigenvalue weighted by Crippen LogP contribution is -2.52. The minimum Gasteiger partial charge on any atom is -0.393 e. The van der Waals surface area contributed by atoms with Crippen LogP contribution in [0.25, 0.3) is 0 Å². The van der Waals surface area contributed by atoms with E-state index in [0.717, 1.165) is 6.42 Å². The van der Waals surface area contributed by atoms with Crippen LogP contribution in [0.3, 0.4) is 0 Å². The molecule has 3 saturated carbocycles. The van der Waals surface area contributed by atoms with Gasteiger partial charge < -0.3 is 19.7 Å². The lowest BCUT2D eigenvalue weighted by atomic mass is 9.49. The number of methoxy groups -OCH3 is 2. The molecule has 0 spiro atoms. The molecule has 0 saturated heterocycles. The van der Waals surface area contributed by atoms with Gasteiger partial charge in [0.25, 0.3) is 0 Å². The number of ether oxygens (including phenoxy) is 2. The van der Waals surface area contributed by atoms with Crippen molar-refractivity contribution in [2.24, 2.45) is 34.5 Å². The third-order valence-corrected chi connectivity index (χ3v) is 9.25. The molecule has 4 nitrogen and oxygen atoms in total. The van der Waals surface area contributed by atoms with E-state index >= 15 is 0 Å². The zero-order valence-corrected chi connectivity index (χ0v) is 18.1. The molecule has 0 amide bonds. The van der Waals surface area contributed by atoms with E-state index in [4.69, 9.17) is 9.47 Å². The Morgan fingerprint density at radius 2 is 1.75 bits per heavy atom. The van der Waals surface area contributed by atoms with Crippen LogP contribution in [-0.2, 0) is 9.47 Å². The fourth-order valence-corrected chi connectivity index (χ4v) is 7.67. The van der Waals surface area contributed by atoms with E-state index in [2.05, 4.69) is 32.9 Å². The molecule has 4 heteroatoms. The Morgan fingerprint density at radius 3 is 2.43 bits per heavy atom. The SMILES string of the molecule is COC(OC)C(C)[C@H]1CC[C@H]2C3=CC=C4C[C@@H](O)C[C@H](O)[C@]4(C)[C@H]3CC[C@]12C. The van der Waals surface area contributed by atoms with E-state index < -0.39 is 12.2 Å². The van der Waals surface area contributed by atoms with Crippen LogP contribution in [0.1, 0.15) is 59.3 Å². The molecule has 8 atom stereocenters. The van der Waals surface area contributed by atoms with E-state index in [0.29, 0.717) is 36.5 Å². The maximum atomic E-state index is 11.0. The molecule has 0 aromatic carbocycles. The van der Waals surface area contributed by atoms with Crippen LogP contribution < -0.4 is 0 Å². The summed E-state index contributed by atoms with van der Waals surface area (Å²) in [5.41, 5.74) is 2.85. The fraction of sp³-hybridized carbons (Fsp3) is 0.833. The highest BCUT2D eigenvalue weighted by molar-refractivity contribution is 5.40. The van der Waals surface area contributed by atoms with E-state index in [9.17, 15) is 10.2 Å². The van der Waals surface area contributed by atoms with Gasteiger partial charge in [0.2, 0.25) is 0 Å². The summed E-state index contributed by atoms with van der Waals surface area (Å²) < 4.78 is 11.2. The van der Waals surface area contributed by atoms with Gasteiger partial charge in [-0.2, -0.15) is 0 Å². The van der Waals surface area contributed by atoms with Crippen molar-refractivity contribution in [1.82, 2.24) is 0 Å². The first kappa shape index (κ1) is 20.6. The second kappa shape index (κ2) is 7.23.